The van der Waals surface area contributed by atoms with Gasteiger partial charge in [0, 0.05) is 31.6 Å². The van der Waals surface area contributed by atoms with E-state index in [0.717, 1.165) is 17.7 Å². The van der Waals surface area contributed by atoms with Gasteiger partial charge in [0.2, 0.25) is 0 Å². The van der Waals surface area contributed by atoms with Crippen molar-refractivity contribution in [1.29, 1.82) is 0 Å². The predicted molar refractivity (Wildman–Crippen MR) is 128 cm³/mol. The number of benzene rings is 3. The Bertz CT molecular complexity index is 1330. The molecule has 0 aliphatic carbocycles. The summed E-state index contributed by atoms with van der Waals surface area (Å²) in [5.74, 6) is -4.86. The molecule has 0 bridgehead atoms. The first kappa shape index (κ1) is 27.3. The molecule has 2 atom stereocenters. The van der Waals surface area contributed by atoms with Crippen LogP contribution in [0.25, 0.3) is 0 Å². The van der Waals surface area contributed by atoms with Gasteiger partial charge in [0.15, 0.2) is 11.6 Å². The number of carbonyl (C=O) groups excluding carboxylic acids is 1. The van der Waals surface area contributed by atoms with Crippen molar-refractivity contribution in [3.05, 3.63) is 104 Å². The molecule has 1 aliphatic rings. The summed E-state index contributed by atoms with van der Waals surface area (Å²) in [4.78, 5) is 16.3. The molecule has 1 saturated heterocycles. The lowest BCUT2D eigenvalue weighted by molar-refractivity contribution is -0.140. The average molecular weight is 561 g/mol. The highest BCUT2D eigenvalue weighted by Crippen LogP contribution is 2.36. The summed E-state index contributed by atoms with van der Waals surface area (Å²) >= 11 is 12.2. The van der Waals surface area contributed by atoms with Gasteiger partial charge < -0.3 is 4.90 Å². The van der Waals surface area contributed by atoms with E-state index in [9.17, 15) is 31.1 Å². The molecule has 3 nitrogen and oxygen atoms in total. The van der Waals surface area contributed by atoms with Crippen LogP contribution in [0.15, 0.2) is 54.6 Å². The van der Waals surface area contributed by atoms with Crippen molar-refractivity contribution in [3.63, 3.8) is 0 Å². The summed E-state index contributed by atoms with van der Waals surface area (Å²) < 4.78 is 81.1. The van der Waals surface area contributed by atoms with E-state index >= 15 is 0 Å². The Morgan fingerprint density at radius 3 is 2.35 bits per heavy atom. The Morgan fingerprint density at radius 2 is 1.70 bits per heavy atom. The van der Waals surface area contributed by atoms with Gasteiger partial charge in [0.1, 0.15) is 5.82 Å². The lowest BCUT2D eigenvalue weighted by Crippen LogP contribution is -2.38. The lowest BCUT2D eigenvalue weighted by Gasteiger charge is -2.29. The van der Waals surface area contributed by atoms with E-state index < -0.39 is 46.7 Å². The van der Waals surface area contributed by atoms with Gasteiger partial charge in [-0.1, -0.05) is 41.4 Å². The topological polar surface area (TPSA) is 23.6 Å². The molecule has 1 heterocycles. The molecule has 0 aromatic heterocycles. The fourth-order valence-corrected chi connectivity index (χ4v) is 4.91. The number of nitrogens with zero attached hydrogens (tertiary/aromatic N) is 2. The minimum atomic E-state index is -4.81. The molecule has 1 aliphatic heterocycles. The third kappa shape index (κ3) is 5.73. The zero-order valence-corrected chi connectivity index (χ0v) is 20.8. The van der Waals surface area contributed by atoms with Crippen LogP contribution < -0.4 is 0 Å². The number of likely N-dealkylation sites (N-methyl/N-ethyl adjacent to an activating group) is 1. The third-order valence-corrected chi connectivity index (χ3v) is 7.21. The van der Waals surface area contributed by atoms with Crippen LogP contribution in [0.1, 0.15) is 33.0 Å². The quantitative estimate of drug-likeness (QED) is 0.309. The minimum Gasteiger partial charge on any atom is -0.336 e. The molecule has 0 spiro atoms. The summed E-state index contributed by atoms with van der Waals surface area (Å²) in [7, 11) is 1.68. The number of amides is 1. The zero-order chi connectivity index (χ0) is 27.1. The Morgan fingerprint density at radius 1 is 0.973 bits per heavy atom. The van der Waals surface area contributed by atoms with Crippen molar-refractivity contribution in [3.8, 4) is 0 Å². The Labute approximate surface area is 219 Å². The molecule has 11 heteroatoms. The number of hydrogen-bond acceptors (Lipinski definition) is 2. The monoisotopic (exact) mass is 560 g/mol. The van der Waals surface area contributed by atoms with Gasteiger partial charge in [-0.2, -0.15) is 13.2 Å². The fraction of sp³-hybridized carbons (Fsp3) is 0.269. The van der Waals surface area contributed by atoms with Gasteiger partial charge in [0.25, 0.3) is 5.91 Å². The minimum absolute atomic E-state index is 0.0634. The highest BCUT2D eigenvalue weighted by atomic mass is 35.5. The van der Waals surface area contributed by atoms with Crippen molar-refractivity contribution in [1.82, 2.24) is 9.80 Å². The van der Waals surface area contributed by atoms with Gasteiger partial charge in [-0.05, 0) is 54.6 Å². The summed E-state index contributed by atoms with van der Waals surface area (Å²) in [6, 6.07) is 10.6. The number of halogens is 8. The van der Waals surface area contributed by atoms with Crippen LogP contribution in [0, 0.1) is 17.5 Å². The van der Waals surface area contributed by atoms with Crippen LogP contribution in [-0.2, 0) is 12.7 Å². The second-order valence-electron chi connectivity index (χ2n) is 8.89. The fourth-order valence-electron chi connectivity index (χ4n) is 4.60. The number of hydrogen-bond donors (Lipinski definition) is 0. The normalized spacial score (nSPS) is 18.1. The van der Waals surface area contributed by atoms with Gasteiger partial charge >= 0.3 is 6.18 Å². The number of alkyl halides is 3. The number of rotatable bonds is 5. The van der Waals surface area contributed by atoms with E-state index in [0.29, 0.717) is 16.7 Å². The van der Waals surface area contributed by atoms with Gasteiger partial charge in [-0.15, -0.1) is 0 Å². The van der Waals surface area contributed by atoms with Crippen LogP contribution >= 0.6 is 23.2 Å². The van der Waals surface area contributed by atoms with Crippen LogP contribution in [-0.4, -0.2) is 41.9 Å². The Kier molecular flexibility index (Phi) is 7.78. The molecule has 196 valence electrons. The summed E-state index contributed by atoms with van der Waals surface area (Å²) in [6.07, 6.45) is -4.81. The van der Waals surface area contributed by atoms with E-state index in [1.165, 1.54) is 23.1 Å². The van der Waals surface area contributed by atoms with Crippen molar-refractivity contribution in [2.75, 3.05) is 20.1 Å². The first-order valence-electron chi connectivity index (χ1n) is 11.1. The molecule has 0 saturated carbocycles. The van der Waals surface area contributed by atoms with Gasteiger partial charge in [0.05, 0.1) is 21.2 Å². The van der Waals surface area contributed by atoms with Gasteiger partial charge in [-0.3, -0.25) is 9.69 Å². The van der Waals surface area contributed by atoms with Crippen LogP contribution in [0.4, 0.5) is 26.3 Å². The number of carbonyl (C=O) groups is 1. The maximum atomic E-state index is 14.3. The number of likely N-dealkylation sites (tertiary alicyclic amines) is 1. The van der Waals surface area contributed by atoms with Crippen molar-refractivity contribution in [2.45, 2.75) is 24.7 Å². The van der Waals surface area contributed by atoms with Crippen molar-refractivity contribution >= 4 is 29.1 Å². The summed E-state index contributed by atoms with van der Waals surface area (Å²) in [6.45, 7) is 0.288. The first-order chi connectivity index (χ1) is 17.4. The maximum absolute atomic E-state index is 14.3. The van der Waals surface area contributed by atoms with Crippen LogP contribution in [0.5, 0.6) is 0 Å². The molecule has 1 fully saturated rings. The van der Waals surface area contributed by atoms with Gasteiger partial charge in [-0.25, -0.2) is 13.2 Å². The second kappa shape index (κ2) is 10.6. The van der Waals surface area contributed by atoms with Crippen LogP contribution in [0.3, 0.4) is 0 Å². The highest BCUT2D eigenvalue weighted by Gasteiger charge is 2.40. The Balaban J connectivity index is 1.63. The van der Waals surface area contributed by atoms with Crippen molar-refractivity contribution in [2.24, 2.45) is 0 Å². The summed E-state index contributed by atoms with van der Waals surface area (Å²) in [5.41, 5.74) is -0.759. The zero-order valence-electron chi connectivity index (χ0n) is 19.3. The molecular formula is C26H20Cl2F6N2O. The second-order valence-corrected chi connectivity index (χ2v) is 9.70. The molecule has 4 rings (SSSR count). The average Bonchev–Trinajstić information content (AvgIpc) is 3.27. The maximum Gasteiger partial charge on any atom is 0.419 e. The molecule has 0 unspecified atom stereocenters. The lowest BCUT2D eigenvalue weighted by atomic mass is 9.93. The smallest absolute Gasteiger partial charge is 0.336 e. The van der Waals surface area contributed by atoms with E-state index in [1.807, 2.05) is 0 Å². The molecule has 1 amide bonds. The molecule has 0 N–H and O–H groups in total. The summed E-state index contributed by atoms with van der Waals surface area (Å²) in [5, 5.41) is 0.606. The highest BCUT2D eigenvalue weighted by molar-refractivity contribution is 6.42. The molecular weight excluding hydrogens is 541 g/mol. The third-order valence-electron chi connectivity index (χ3n) is 6.47. The largest absolute Gasteiger partial charge is 0.419 e. The van der Waals surface area contributed by atoms with E-state index in [-0.39, 0.29) is 30.6 Å². The van der Waals surface area contributed by atoms with Crippen LogP contribution in [0.2, 0.25) is 10.0 Å². The molecule has 3 aromatic rings. The predicted octanol–water partition coefficient (Wildman–Crippen LogP) is 7.17. The van der Waals surface area contributed by atoms with E-state index in [4.69, 9.17) is 23.2 Å². The standard InChI is InChI=1S/C26H20Cl2F6N2O/c1-35(11-14-5-7-18(22(30)9-14)26(32,33)34)23-13-36(25(37)16-3-2-4-21(29)24(16)31)12-17(23)15-6-8-19(27)20(28)10-15/h2-10,17,23H,11-13H2,1H3/t17-,23-/m1/s1. The Hall–Kier alpha value is -2.75. The SMILES string of the molecule is CN(Cc1ccc(C(F)(F)F)c(F)c1)[C@@H]1CN(C(=O)c2cccc(F)c2F)C[C@@H]1c1ccc(Cl)c(Cl)c1. The molecule has 0 radical (unpaired) electrons. The first-order valence-corrected chi connectivity index (χ1v) is 11.9. The van der Waals surface area contributed by atoms with E-state index in [2.05, 4.69) is 0 Å². The van der Waals surface area contributed by atoms with Crippen molar-refractivity contribution < 1.29 is 31.1 Å². The molecule has 37 heavy (non-hydrogen) atoms. The molecule has 3 aromatic carbocycles. The van der Waals surface area contributed by atoms with E-state index in [1.54, 1.807) is 30.1 Å².